The molecule has 1 rings (SSSR count). The molecule has 0 spiro atoms. The first-order valence-corrected chi connectivity index (χ1v) is 5.77. The molecule has 0 saturated heterocycles. The van der Waals surface area contributed by atoms with Crippen LogP contribution in [0.1, 0.15) is 31.0 Å². The third-order valence-corrected chi connectivity index (χ3v) is 2.75. The topological polar surface area (TPSA) is 83.5 Å². The fourth-order valence-electron chi connectivity index (χ4n) is 1.60. The number of nitrogens with one attached hydrogen (secondary N) is 1. The van der Waals surface area contributed by atoms with Crippen molar-refractivity contribution in [3.8, 4) is 0 Å². The average molecular weight is 236 g/mol. The fourth-order valence-corrected chi connectivity index (χ4v) is 1.60. The van der Waals surface area contributed by atoms with Gasteiger partial charge in [-0.15, -0.1) is 0 Å². The van der Waals surface area contributed by atoms with Crippen molar-refractivity contribution in [3.63, 3.8) is 0 Å². The highest BCUT2D eigenvalue weighted by Gasteiger charge is 2.09. The number of aromatic nitrogens is 1. The second-order valence-corrected chi connectivity index (χ2v) is 4.05. The van der Waals surface area contributed by atoms with Gasteiger partial charge in [-0.25, -0.2) is 0 Å². The van der Waals surface area contributed by atoms with E-state index in [2.05, 4.69) is 22.4 Å². The molecule has 5 nitrogen and oxygen atoms in total. The summed E-state index contributed by atoms with van der Waals surface area (Å²) in [4.78, 5) is 4.31. The van der Waals surface area contributed by atoms with Gasteiger partial charge < -0.3 is 16.3 Å². The first-order valence-electron chi connectivity index (χ1n) is 5.77. The summed E-state index contributed by atoms with van der Waals surface area (Å²) in [6.07, 6.45) is 3.25. The molecule has 0 amide bonds. The molecule has 17 heavy (non-hydrogen) atoms. The van der Waals surface area contributed by atoms with Crippen LogP contribution in [0, 0.1) is 6.92 Å². The van der Waals surface area contributed by atoms with Crippen LogP contribution in [-0.4, -0.2) is 22.1 Å². The summed E-state index contributed by atoms with van der Waals surface area (Å²) in [7, 11) is 0. The smallest absolute Gasteiger partial charge is 0.140 e. The summed E-state index contributed by atoms with van der Waals surface area (Å²) >= 11 is 0. The largest absolute Gasteiger partial charge is 0.409 e. The van der Waals surface area contributed by atoms with Crippen LogP contribution in [0.4, 0.5) is 0 Å². The van der Waals surface area contributed by atoms with E-state index in [1.807, 2.05) is 19.1 Å². The zero-order chi connectivity index (χ0) is 12.7. The van der Waals surface area contributed by atoms with Crippen molar-refractivity contribution in [2.24, 2.45) is 10.9 Å². The Hall–Kier alpha value is -1.62. The Morgan fingerprint density at radius 3 is 3.00 bits per heavy atom. The predicted molar refractivity (Wildman–Crippen MR) is 67.9 cm³/mol. The quantitative estimate of drug-likeness (QED) is 0.302. The molecule has 94 valence electrons. The SMILES string of the molecule is CCC(CC(N)=NO)NCc1ncccc1C. The summed E-state index contributed by atoms with van der Waals surface area (Å²) in [5.41, 5.74) is 7.69. The summed E-state index contributed by atoms with van der Waals surface area (Å²) < 4.78 is 0. The first-order chi connectivity index (χ1) is 8.17. The molecule has 1 unspecified atom stereocenters. The average Bonchev–Trinajstić information content (AvgIpc) is 2.35. The van der Waals surface area contributed by atoms with Gasteiger partial charge in [0.25, 0.3) is 0 Å². The van der Waals surface area contributed by atoms with Crippen LogP contribution in [0.2, 0.25) is 0 Å². The second kappa shape index (κ2) is 6.85. The number of rotatable bonds is 6. The molecule has 0 aliphatic carbocycles. The highest BCUT2D eigenvalue weighted by molar-refractivity contribution is 5.80. The first kappa shape index (κ1) is 13.4. The van der Waals surface area contributed by atoms with Crippen molar-refractivity contribution >= 4 is 5.84 Å². The van der Waals surface area contributed by atoms with E-state index in [1.54, 1.807) is 6.20 Å². The summed E-state index contributed by atoms with van der Waals surface area (Å²) in [5, 5.41) is 14.9. The fraction of sp³-hybridized carbons (Fsp3) is 0.500. The number of oxime groups is 1. The second-order valence-electron chi connectivity index (χ2n) is 4.05. The predicted octanol–water partition coefficient (Wildman–Crippen LogP) is 1.39. The molecule has 0 aromatic carbocycles. The van der Waals surface area contributed by atoms with E-state index in [0.717, 1.165) is 12.1 Å². The molecule has 0 saturated carbocycles. The summed E-state index contributed by atoms with van der Waals surface area (Å²) in [6.45, 7) is 4.80. The molecular formula is C12H20N4O. The van der Waals surface area contributed by atoms with Gasteiger partial charge in [-0.1, -0.05) is 18.1 Å². The minimum atomic E-state index is 0.201. The van der Waals surface area contributed by atoms with Crippen molar-refractivity contribution in [1.29, 1.82) is 0 Å². The van der Waals surface area contributed by atoms with Gasteiger partial charge in [-0.3, -0.25) is 4.98 Å². The lowest BCUT2D eigenvalue weighted by atomic mass is 10.1. The minimum Gasteiger partial charge on any atom is -0.409 e. The zero-order valence-electron chi connectivity index (χ0n) is 10.3. The number of amidine groups is 1. The van der Waals surface area contributed by atoms with Crippen LogP contribution < -0.4 is 11.1 Å². The maximum absolute atomic E-state index is 8.53. The van der Waals surface area contributed by atoms with Crippen molar-refractivity contribution in [2.45, 2.75) is 39.3 Å². The molecule has 1 aromatic heterocycles. The van der Waals surface area contributed by atoms with Gasteiger partial charge in [0, 0.05) is 25.2 Å². The molecule has 0 fully saturated rings. The van der Waals surface area contributed by atoms with Crippen LogP contribution in [0.5, 0.6) is 0 Å². The summed E-state index contributed by atoms with van der Waals surface area (Å²) in [6, 6.07) is 4.16. The maximum atomic E-state index is 8.53. The maximum Gasteiger partial charge on any atom is 0.140 e. The van der Waals surface area contributed by atoms with E-state index in [0.29, 0.717) is 13.0 Å². The van der Waals surface area contributed by atoms with Crippen molar-refractivity contribution in [3.05, 3.63) is 29.6 Å². The molecule has 0 radical (unpaired) electrons. The Morgan fingerprint density at radius 2 is 2.41 bits per heavy atom. The number of hydrogen-bond donors (Lipinski definition) is 3. The Morgan fingerprint density at radius 1 is 1.65 bits per heavy atom. The molecule has 0 bridgehead atoms. The van der Waals surface area contributed by atoms with Crippen LogP contribution in [-0.2, 0) is 6.54 Å². The van der Waals surface area contributed by atoms with Gasteiger partial charge in [-0.05, 0) is 25.0 Å². The van der Waals surface area contributed by atoms with Crippen LogP contribution in [0.3, 0.4) is 0 Å². The van der Waals surface area contributed by atoms with Crippen LogP contribution >= 0.6 is 0 Å². The Balaban J connectivity index is 2.51. The van der Waals surface area contributed by atoms with Crippen molar-refractivity contribution < 1.29 is 5.21 Å². The van der Waals surface area contributed by atoms with Gasteiger partial charge in [-0.2, -0.15) is 0 Å². The monoisotopic (exact) mass is 236 g/mol. The standard InChI is InChI=1S/C12H20N4O/c1-3-10(7-12(13)16-17)15-8-11-9(2)5-4-6-14-11/h4-6,10,15,17H,3,7-8H2,1-2H3,(H2,13,16). The van der Waals surface area contributed by atoms with Crippen molar-refractivity contribution in [1.82, 2.24) is 10.3 Å². The third kappa shape index (κ3) is 4.40. The Labute approximate surface area is 102 Å². The lowest BCUT2D eigenvalue weighted by Crippen LogP contribution is -2.33. The van der Waals surface area contributed by atoms with Gasteiger partial charge in [0.05, 0.1) is 5.69 Å². The molecule has 0 aliphatic heterocycles. The number of pyridine rings is 1. The number of hydrogen-bond acceptors (Lipinski definition) is 4. The number of aryl methyl sites for hydroxylation is 1. The number of nitrogens with zero attached hydrogens (tertiary/aromatic N) is 2. The molecule has 4 N–H and O–H groups in total. The zero-order valence-corrected chi connectivity index (χ0v) is 10.3. The van der Waals surface area contributed by atoms with Crippen molar-refractivity contribution in [2.75, 3.05) is 0 Å². The molecular weight excluding hydrogens is 216 g/mol. The summed E-state index contributed by atoms with van der Waals surface area (Å²) in [5.74, 6) is 0.252. The van der Waals surface area contributed by atoms with E-state index in [-0.39, 0.29) is 11.9 Å². The highest BCUT2D eigenvalue weighted by atomic mass is 16.4. The van der Waals surface area contributed by atoms with Crippen LogP contribution in [0.25, 0.3) is 0 Å². The van der Waals surface area contributed by atoms with Gasteiger partial charge in [0.1, 0.15) is 5.84 Å². The minimum absolute atomic E-state index is 0.201. The highest BCUT2D eigenvalue weighted by Crippen LogP contribution is 2.05. The molecule has 0 aliphatic rings. The van der Waals surface area contributed by atoms with E-state index in [4.69, 9.17) is 10.9 Å². The third-order valence-electron chi connectivity index (χ3n) is 2.75. The molecule has 5 heteroatoms. The molecule has 1 heterocycles. The Kier molecular flexibility index (Phi) is 5.42. The molecule has 1 aromatic rings. The Bertz CT molecular complexity index is 379. The van der Waals surface area contributed by atoms with Crippen LogP contribution in [0.15, 0.2) is 23.5 Å². The van der Waals surface area contributed by atoms with Gasteiger partial charge >= 0.3 is 0 Å². The number of nitrogens with two attached hydrogens (primary N) is 1. The lowest BCUT2D eigenvalue weighted by molar-refractivity contribution is 0.315. The molecule has 1 atom stereocenters. The van der Waals surface area contributed by atoms with Gasteiger partial charge in [0.2, 0.25) is 0 Å². The normalized spacial score (nSPS) is 13.6. The van der Waals surface area contributed by atoms with E-state index in [9.17, 15) is 0 Å². The van der Waals surface area contributed by atoms with Gasteiger partial charge in [0.15, 0.2) is 0 Å². The van der Waals surface area contributed by atoms with E-state index >= 15 is 0 Å². The lowest BCUT2D eigenvalue weighted by Gasteiger charge is -2.16. The van der Waals surface area contributed by atoms with E-state index < -0.39 is 0 Å². The van der Waals surface area contributed by atoms with E-state index in [1.165, 1.54) is 5.56 Å².